The van der Waals surface area contributed by atoms with Crippen molar-refractivity contribution in [3.05, 3.63) is 143 Å². The van der Waals surface area contributed by atoms with Crippen LogP contribution in [0.1, 0.15) is 342 Å². The van der Waals surface area contributed by atoms with Gasteiger partial charge in [-0.3, -0.25) is 0 Å². The monoisotopic (exact) mass is 1840 g/mol. The molecule has 0 aliphatic carbocycles. The molecule has 1 aliphatic rings. The lowest BCUT2D eigenvalue weighted by molar-refractivity contribution is 0.283. The summed E-state index contributed by atoms with van der Waals surface area (Å²) in [5, 5.41) is 5.94. The minimum absolute atomic E-state index is 0.628. The fourth-order valence-corrected chi connectivity index (χ4v) is 25.8. The molecule has 0 radical (unpaired) electrons. The molecule has 2 nitrogen and oxygen atoms in total. The van der Waals surface area contributed by atoms with Crippen molar-refractivity contribution in [2.75, 3.05) is 12.4 Å². The minimum Gasteiger partial charge on any atom is -0.492 e. The maximum Gasteiger partial charge on any atom is 0.133 e. The number of para-hydroxylation sites is 1. The number of hydrogen-bond donors (Lipinski definition) is 0. The fourth-order valence-electron chi connectivity index (χ4n) is 9.61. The summed E-state index contributed by atoms with van der Waals surface area (Å²) in [4.78, 5) is 4.04. The Balaban J connectivity index is -0.000000293. The van der Waals surface area contributed by atoms with Crippen molar-refractivity contribution < 1.29 is 9.15 Å². The van der Waals surface area contributed by atoms with Gasteiger partial charge in [-0.25, -0.2) is 0 Å². The smallest absolute Gasteiger partial charge is 0.133 e. The molecule has 1 saturated heterocycles. The maximum atomic E-state index is 5.85. The van der Waals surface area contributed by atoms with E-state index in [0.717, 1.165) is 93.9 Å². The Bertz CT molecular complexity index is 2720. The Kier molecular flexibility index (Phi) is 94.8. The van der Waals surface area contributed by atoms with Crippen molar-refractivity contribution in [2.45, 2.75) is 402 Å². The van der Waals surface area contributed by atoms with Gasteiger partial charge in [0.2, 0.25) is 0 Å². The highest BCUT2D eigenvalue weighted by Gasteiger charge is 2.36. The van der Waals surface area contributed by atoms with Gasteiger partial charge in [0.15, 0.2) is 0 Å². The molecule has 16 heteroatoms. The minimum atomic E-state index is 0.628. The molecule has 668 valence electrons. The van der Waals surface area contributed by atoms with Crippen molar-refractivity contribution in [3.63, 3.8) is 0 Å². The molecule has 1 fully saturated rings. The van der Waals surface area contributed by atoms with Crippen LogP contribution in [0.5, 0.6) is 5.75 Å². The van der Waals surface area contributed by atoms with Gasteiger partial charge in [0, 0.05) is 74.6 Å². The number of benzene rings is 4. The first kappa shape index (κ1) is 126. The highest BCUT2D eigenvalue weighted by Crippen LogP contribution is 2.52. The summed E-state index contributed by atoms with van der Waals surface area (Å²) in [6.07, 6.45) is 16.5. The molecule has 5 aromatic rings. The van der Waals surface area contributed by atoms with E-state index in [-0.39, 0.29) is 0 Å². The van der Waals surface area contributed by atoms with Gasteiger partial charge in [0.1, 0.15) is 5.75 Å². The van der Waals surface area contributed by atoms with Crippen LogP contribution in [0, 0.1) is 53.3 Å². The first-order valence-corrected chi connectivity index (χ1v) is 60.3. The Labute approximate surface area is 769 Å². The molecule has 3 unspecified atom stereocenters. The van der Waals surface area contributed by atoms with Crippen molar-refractivity contribution in [2.24, 2.45) is 53.3 Å². The van der Waals surface area contributed by atoms with E-state index in [0.29, 0.717) is 38.1 Å². The number of ether oxygens (including phenoxy) is 1. The molecule has 1 aromatic heterocycles. The van der Waals surface area contributed by atoms with E-state index >= 15 is 0 Å². The lowest BCUT2D eigenvalue weighted by atomic mass is 9.87. The van der Waals surface area contributed by atoms with Gasteiger partial charge in [-0.1, -0.05) is 501 Å². The molecule has 2 heterocycles. The van der Waals surface area contributed by atoms with Gasteiger partial charge in [0.25, 0.3) is 0 Å². The summed E-state index contributed by atoms with van der Waals surface area (Å²) >= 11 is 0. The lowest BCUT2D eigenvalue weighted by Crippen LogP contribution is -2.24. The summed E-state index contributed by atoms with van der Waals surface area (Å²) in [6, 6.07) is 34.9. The van der Waals surface area contributed by atoms with Gasteiger partial charge in [-0.05, 0) is 163 Å². The van der Waals surface area contributed by atoms with Crippen LogP contribution in [0.3, 0.4) is 0 Å². The van der Waals surface area contributed by atoms with E-state index in [1.165, 1.54) is 105 Å². The first-order valence-electron chi connectivity index (χ1n) is 44.3. The standard InChI is InChI=1S/C14H22OS2.2C14H22S2.C13H20S2.C12H20OS2.C12H24S2.C9H20S2.5C2H6/c1-11(2)9-10-15-13-7-5-6-8-14(13)17-16-12(3)4;1-11(2)9-13-7-5-6-8-14(13)10-15-16-12(3)4;1-11(2)9-10-13-7-5-6-8-14(13)16-15-12(3)4;1-10(2)9-12-5-7-13(8-6-12)15-14-11(3)4;1-9(2)5-11-6-13-7-12(11)8-14-15-10(3)4;1-8(2)6-7-11-10(5)13-14-12(11)9(3)4;1-8(2)6-5-7-10-11-9(3)4;5*1-2/h5-8,11-12H,9-10H2,1-4H3;2*5-8,11-12H,9-10H2,1-4H3;5-8,10-11H,9H2,1-4H3;6-7,9-10H,5,8H2,1-4H3;8-12H,6-7H2,1-5H3;8-9H,5-7H2,1-4H3;5*1-2H3. The molecule has 1 aliphatic heterocycles. The highest BCUT2D eigenvalue weighted by molar-refractivity contribution is 8.78. The predicted octanol–water partition coefficient (Wildman–Crippen LogP) is 39.9. The molecule has 3 atom stereocenters. The Morgan fingerprint density at radius 2 is 0.763 bits per heavy atom. The van der Waals surface area contributed by atoms with Crippen LogP contribution in [-0.2, 0) is 37.2 Å². The zero-order valence-electron chi connectivity index (χ0n) is 80.6. The number of rotatable bonds is 40. The molecular weight excluding hydrogens is 1660 g/mol. The van der Waals surface area contributed by atoms with Gasteiger partial charge in [-0.15, -0.1) is 0 Å². The Hall–Kier alpha value is 0.860. The van der Waals surface area contributed by atoms with Gasteiger partial charge in [0.05, 0.1) is 24.0 Å². The SMILES string of the molecule is CC.CC.CC.CC.CC.CC(C)CCC1C(C)SSC1C(C)C.CC(C)CCCSSC(C)C.CC(C)CCOc1ccccc1SSC(C)C.CC(C)CCc1ccccc1SSC(C)C.CC(C)Cc1ccc(SSC(C)C)cc1.CC(C)Cc1ccccc1CSSC(C)C.CC(C)Cc1cocc1CSSC(C)C. The van der Waals surface area contributed by atoms with Crippen LogP contribution in [0.25, 0.3) is 0 Å². The lowest BCUT2D eigenvalue weighted by Gasteiger charge is -2.24. The highest BCUT2D eigenvalue weighted by atomic mass is 33.1. The number of furan rings is 1. The van der Waals surface area contributed by atoms with Crippen molar-refractivity contribution >= 4 is 151 Å². The van der Waals surface area contributed by atoms with E-state index in [1.54, 1.807) is 10.8 Å². The molecule has 4 aromatic carbocycles. The largest absolute Gasteiger partial charge is 0.492 e. The molecule has 6 rings (SSSR count). The van der Waals surface area contributed by atoms with Crippen LogP contribution in [-0.4, -0.2) is 54.4 Å². The van der Waals surface area contributed by atoms with E-state index in [9.17, 15) is 0 Å². The third-order valence-electron chi connectivity index (χ3n) is 14.8. The molecule has 0 N–H and O–H groups in total. The fraction of sp³-hybridized carbons (Fsp3) is 0.714. The number of hydrogen-bond acceptors (Lipinski definition) is 16. The van der Waals surface area contributed by atoms with Crippen LogP contribution >= 0.6 is 151 Å². The van der Waals surface area contributed by atoms with Crippen molar-refractivity contribution in [1.29, 1.82) is 0 Å². The van der Waals surface area contributed by atoms with Crippen molar-refractivity contribution in [1.82, 2.24) is 0 Å². The summed E-state index contributed by atoms with van der Waals surface area (Å²) in [5.41, 5.74) is 8.73. The second kappa shape index (κ2) is 86.0. The summed E-state index contributed by atoms with van der Waals surface area (Å²) in [7, 11) is 27.4. The summed E-state index contributed by atoms with van der Waals surface area (Å²) in [5.74, 6) is 11.7. The van der Waals surface area contributed by atoms with Crippen LogP contribution < -0.4 is 4.74 Å². The molecule has 0 saturated carbocycles. The van der Waals surface area contributed by atoms with Gasteiger partial charge in [-0.2, -0.15) is 0 Å². The Morgan fingerprint density at radius 1 is 0.360 bits per heavy atom. The third-order valence-corrected chi connectivity index (χ3v) is 36.4. The summed E-state index contributed by atoms with van der Waals surface area (Å²) in [6.45, 7) is 86.6. The summed E-state index contributed by atoms with van der Waals surface area (Å²) < 4.78 is 11.1. The predicted molar refractivity (Wildman–Crippen MR) is 569 cm³/mol. The van der Waals surface area contributed by atoms with Crippen LogP contribution in [0.4, 0.5) is 0 Å². The second-order valence-corrected chi connectivity index (χ2v) is 52.2. The van der Waals surface area contributed by atoms with E-state index in [2.05, 4.69) is 313 Å². The molecular formula is C98H180O2S14. The maximum absolute atomic E-state index is 5.85. The van der Waals surface area contributed by atoms with Gasteiger partial charge >= 0.3 is 0 Å². The topological polar surface area (TPSA) is 22.4 Å². The average Bonchev–Trinajstić information content (AvgIpc) is 1.71. The zero-order valence-corrected chi connectivity index (χ0v) is 92.1. The first-order chi connectivity index (χ1) is 54.1. The molecule has 0 spiro atoms. The van der Waals surface area contributed by atoms with E-state index in [4.69, 9.17) is 9.15 Å². The van der Waals surface area contributed by atoms with E-state index in [1.807, 2.05) is 207 Å². The van der Waals surface area contributed by atoms with Crippen LogP contribution in [0.15, 0.2) is 129 Å². The molecule has 114 heavy (non-hydrogen) atoms. The molecule has 0 bridgehead atoms. The second-order valence-electron chi connectivity index (χ2n) is 31.9. The number of aryl methyl sites for hydroxylation is 1. The molecule has 0 amide bonds. The quantitative estimate of drug-likeness (QED) is 0.0274. The van der Waals surface area contributed by atoms with Crippen LogP contribution in [0.2, 0.25) is 0 Å². The zero-order chi connectivity index (χ0) is 88.5. The van der Waals surface area contributed by atoms with Gasteiger partial charge < -0.3 is 9.15 Å². The average molecular weight is 1840 g/mol. The Morgan fingerprint density at radius 3 is 1.23 bits per heavy atom. The third kappa shape index (κ3) is 78.8. The van der Waals surface area contributed by atoms with E-state index < -0.39 is 0 Å². The normalized spacial score (nSPS) is 13.3. The van der Waals surface area contributed by atoms with Crippen molar-refractivity contribution in [3.8, 4) is 5.75 Å².